The fraction of sp³-hybridized carbons (Fsp3) is 0.250. The van der Waals surface area contributed by atoms with E-state index in [1.54, 1.807) is 6.07 Å². The number of ether oxygens (including phenoxy) is 1. The molecule has 3 rings (SSSR count). The molecule has 0 saturated carbocycles. The Morgan fingerprint density at radius 1 is 0.963 bits per heavy atom. The van der Waals surface area contributed by atoms with Crippen molar-refractivity contribution in [2.24, 2.45) is 0 Å². The Hall–Kier alpha value is -3.35. The van der Waals surface area contributed by atoms with Crippen LogP contribution in [0.15, 0.2) is 54.6 Å². The lowest BCUT2D eigenvalue weighted by molar-refractivity contribution is -0.134. The fourth-order valence-electron chi connectivity index (χ4n) is 2.85. The molecule has 0 aliphatic carbocycles. The third kappa shape index (κ3) is 5.07. The zero-order chi connectivity index (χ0) is 19.1. The van der Waals surface area contributed by atoms with E-state index in [0.29, 0.717) is 18.7 Å². The van der Waals surface area contributed by atoms with Gasteiger partial charge in [0.15, 0.2) is 6.61 Å². The van der Waals surface area contributed by atoms with Crippen LogP contribution in [0.4, 0.5) is 0 Å². The second kappa shape index (κ2) is 8.84. The van der Waals surface area contributed by atoms with Crippen molar-refractivity contribution in [1.82, 2.24) is 15.8 Å². The molecule has 7 nitrogen and oxygen atoms in total. The molecule has 0 bridgehead atoms. The largest absolute Gasteiger partial charge is 0.483 e. The summed E-state index contributed by atoms with van der Waals surface area (Å²) >= 11 is 0. The van der Waals surface area contributed by atoms with Crippen LogP contribution in [0.25, 0.3) is 11.1 Å². The molecule has 2 N–H and O–H groups in total. The number of nitrogens with zero attached hydrogens (tertiary/aromatic N) is 1. The summed E-state index contributed by atoms with van der Waals surface area (Å²) in [5, 5.41) is 0. The van der Waals surface area contributed by atoms with Crippen LogP contribution in [-0.4, -0.2) is 42.3 Å². The maximum atomic E-state index is 11.9. The van der Waals surface area contributed by atoms with Crippen molar-refractivity contribution < 1.29 is 19.1 Å². The number of para-hydroxylation sites is 1. The standard InChI is InChI=1S/C20H21N3O4/c24-18(13-23-12-6-11-20(23)26)21-22-19(25)14-27-17-10-5-4-9-16(17)15-7-2-1-3-8-15/h1-5,7-10H,6,11-14H2,(H,21,24)(H,22,25). The van der Waals surface area contributed by atoms with Crippen LogP contribution < -0.4 is 15.6 Å². The van der Waals surface area contributed by atoms with Crippen molar-refractivity contribution >= 4 is 17.7 Å². The monoisotopic (exact) mass is 367 g/mol. The molecule has 1 fully saturated rings. The minimum absolute atomic E-state index is 0.0441. The molecule has 0 atom stereocenters. The van der Waals surface area contributed by atoms with E-state index < -0.39 is 11.8 Å². The summed E-state index contributed by atoms with van der Waals surface area (Å²) in [7, 11) is 0. The van der Waals surface area contributed by atoms with Crippen LogP contribution in [0.3, 0.4) is 0 Å². The minimum Gasteiger partial charge on any atom is -0.483 e. The van der Waals surface area contributed by atoms with Crippen LogP contribution in [0.1, 0.15) is 12.8 Å². The van der Waals surface area contributed by atoms with Gasteiger partial charge in [0.2, 0.25) is 5.91 Å². The SMILES string of the molecule is O=C(COc1ccccc1-c1ccccc1)NNC(=O)CN1CCCC1=O. The molecule has 0 radical (unpaired) electrons. The molecular weight excluding hydrogens is 346 g/mol. The minimum atomic E-state index is -0.487. The van der Waals surface area contributed by atoms with Crippen molar-refractivity contribution in [3.63, 3.8) is 0 Å². The summed E-state index contributed by atoms with van der Waals surface area (Å²) in [5.41, 5.74) is 6.46. The zero-order valence-corrected chi connectivity index (χ0v) is 14.8. The summed E-state index contributed by atoms with van der Waals surface area (Å²) in [5.74, 6) is -0.396. The van der Waals surface area contributed by atoms with E-state index in [1.807, 2.05) is 48.5 Å². The van der Waals surface area contributed by atoms with E-state index in [-0.39, 0.29) is 19.1 Å². The Balaban J connectivity index is 1.48. The van der Waals surface area contributed by atoms with Gasteiger partial charge in [-0.1, -0.05) is 48.5 Å². The first-order chi connectivity index (χ1) is 13.1. The van der Waals surface area contributed by atoms with Gasteiger partial charge in [-0.3, -0.25) is 25.2 Å². The van der Waals surface area contributed by atoms with Crippen LogP contribution in [-0.2, 0) is 14.4 Å². The number of benzene rings is 2. The Bertz CT molecular complexity index is 823. The van der Waals surface area contributed by atoms with Crippen LogP contribution in [0, 0.1) is 0 Å². The van der Waals surface area contributed by atoms with E-state index >= 15 is 0 Å². The number of likely N-dealkylation sites (tertiary alicyclic amines) is 1. The molecular formula is C20H21N3O4. The van der Waals surface area contributed by atoms with Crippen molar-refractivity contribution in [2.75, 3.05) is 19.7 Å². The van der Waals surface area contributed by atoms with Gasteiger partial charge in [0, 0.05) is 18.5 Å². The first-order valence-corrected chi connectivity index (χ1v) is 8.76. The number of hydrogen-bond acceptors (Lipinski definition) is 4. The number of carbonyl (C=O) groups excluding carboxylic acids is 3. The van der Waals surface area contributed by atoms with Crippen molar-refractivity contribution in [2.45, 2.75) is 12.8 Å². The van der Waals surface area contributed by atoms with Crippen molar-refractivity contribution in [3.05, 3.63) is 54.6 Å². The molecule has 1 heterocycles. The van der Waals surface area contributed by atoms with E-state index in [0.717, 1.165) is 17.5 Å². The summed E-state index contributed by atoms with van der Waals surface area (Å²) < 4.78 is 5.61. The smallest absolute Gasteiger partial charge is 0.276 e. The normalized spacial score (nSPS) is 13.3. The second-order valence-electron chi connectivity index (χ2n) is 6.17. The van der Waals surface area contributed by atoms with Gasteiger partial charge in [0.05, 0.1) is 0 Å². The molecule has 1 saturated heterocycles. The number of nitrogens with one attached hydrogen (secondary N) is 2. The highest BCUT2D eigenvalue weighted by Gasteiger charge is 2.22. The molecule has 0 unspecified atom stereocenters. The Kier molecular flexibility index (Phi) is 6.04. The highest BCUT2D eigenvalue weighted by Crippen LogP contribution is 2.29. The van der Waals surface area contributed by atoms with Gasteiger partial charge in [-0.05, 0) is 18.1 Å². The molecule has 3 amide bonds. The van der Waals surface area contributed by atoms with Gasteiger partial charge in [0.25, 0.3) is 11.8 Å². The van der Waals surface area contributed by atoms with Crippen molar-refractivity contribution in [3.8, 4) is 16.9 Å². The van der Waals surface area contributed by atoms with E-state index in [2.05, 4.69) is 10.9 Å². The molecule has 1 aliphatic heterocycles. The molecule has 0 spiro atoms. The lowest BCUT2D eigenvalue weighted by Crippen LogP contribution is -2.48. The van der Waals surface area contributed by atoms with E-state index in [4.69, 9.17) is 4.74 Å². The third-order valence-electron chi connectivity index (χ3n) is 4.18. The van der Waals surface area contributed by atoms with Crippen LogP contribution in [0.5, 0.6) is 5.75 Å². The van der Waals surface area contributed by atoms with E-state index in [9.17, 15) is 14.4 Å². The van der Waals surface area contributed by atoms with Gasteiger partial charge >= 0.3 is 0 Å². The van der Waals surface area contributed by atoms with Gasteiger partial charge in [-0.15, -0.1) is 0 Å². The molecule has 2 aromatic carbocycles. The summed E-state index contributed by atoms with van der Waals surface area (Å²) in [6, 6.07) is 17.1. The number of rotatable bonds is 6. The molecule has 0 aromatic heterocycles. The van der Waals surface area contributed by atoms with Gasteiger partial charge < -0.3 is 9.64 Å². The summed E-state index contributed by atoms with van der Waals surface area (Å²) in [6.07, 6.45) is 1.22. The van der Waals surface area contributed by atoms with Crippen LogP contribution in [0.2, 0.25) is 0 Å². The predicted octanol–water partition coefficient (Wildman–Crippen LogP) is 1.50. The maximum absolute atomic E-state index is 11.9. The topological polar surface area (TPSA) is 87.7 Å². The number of amides is 3. The Labute approximate surface area is 157 Å². The second-order valence-corrected chi connectivity index (χ2v) is 6.17. The Morgan fingerprint density at radius 3 is 2.41 bits per heavy atom. The molecule has 2 aromatic rings. The average molecular weight is 367 g/mol. The van der Waals surface area contributed by atoms with E-state index in [1.165, 1.54) is 4.90 Å². The number of carbonyl (C=O) groups is 3. The first kappa shape index (κ1) is 18.4. The fourth-order valence-corrected chi connectivity index (χ4v) is 2.85. The third-order valence-corrected chi connectivity index (χ3v) is 4.18. The average Bonchev–Trinajstić information content (AvgIpc) is 3.10. The predicted molar refractivity (Wildman–Crippen MR) is 99.5 cm³/mol. The maximum Gasteiger partial charge on any atom is 0.276 e. The number of hydrogen-bond donors (Lipinski definition) is 2. The van der Waals surface area contributed by atoms with Gasteiger partial charge in [0.1, 0.15) is 12.3 Å². The molecule has 140 valence electrons. The zero-order valence-electron chi connectivity index (χ0n) is 14.8. The summed E-state index contributed by atoms with van der Waals surface area (Å²) in [4.78, 5) is 36.7. The lowest BCUT2D eigenvalue weighted by Gasteiger charge is -2.15. The summed E-state index contributed by atoms with van der Waals surface area (Å²) in [6.45, 7) is 0.267. The first-order valence-electron chi connectivity index (χ1n) is 8.76. The molecule has 27 heavy (non-hydrogen) atoms. The quantitative estimate of drug-likeness (QED) is 0.758. The van der Waals surface area contributed by atoms with Gasteiger partial charge in [-0.2, -0.15) is 0 Å². The lowest BCUT2D eigenvalue weighted by atomic mass is 10.1. The Morgan fingerprint density at radius 2 is 1.67 bits per heavy atom. The highest BCUT2D eigenvalue weighted by atomic mass is 16.5. The number of hydrazine groups is 1. The van der Waals surface area contributed by atoms with Crippen molar-refractivity contribution in [1.29, 1.82) is 0 Å². The van der Waals surface area contributed by atoms with Gasteiger partial charge in [-0.25, -0.2) is 0 Å². The van der Waals surface area contributed by atoms with Crippen LogP contribution >= 0.6 is 0 Å². The molecule has 1 aliphatic rings. The highest BCUT2D eigenvalue weighted by molar-refractivity contribution is 5.87. The molecule has 7 heteroatoms.